The Bertz CT molecular complexity index is 623. The quantitative estimate of drug-likeness (QED) is 0.821. The Morgan fingerprint density at radius 3 is 2.55 bits per heavy atom. The average Bonchev–Trinajstić information content (AvgIpc) is 3.01. The van der Waals surface area contributed by atoms with Gasteiger partial charge in [0.25, 0.3) is 0 Å². The molecular formula is C16H18N2O3S. The van der Waals surface area contributed by atoms with Crippen LogP contribution < -0.4 is 11.1 Å². The van der Waals surface area contributed by atoms with E-state index in [2.05, 4.69) is 5.32 Å². The van der Waals surface area contributed by atoms with Crippen molar-refractivity contribution >= 4 is 29.3 Å². The molecule has 1 aromatic carbocycles. The van der Waals surface area contributed by atoms with E-state index in [4.69, 9.17) is 10.2 Å². The fourth-order valence-electron chi connectivity index (χ4n) is 1.90. The Hall–Kier alpha value is -2.21. The Morgan fingerprint density at radius 1 is 1.27 bits per heavy atom. The van der Waals surface area contributed by atoms with Crippen LogP contribution in [0.2, 0.25) is 0 Å². The number of rotatable bonds is 7. The molecule has 2 aromatic rings. The monoisotopic (exact) mass is 318 g/mol. The normalized spacial score (nSPS) is 11.9. The molecule has 116 valence electrons. The number of primary amides is 1. The van der Waals surface area contributed by atoms with Crippen LogP contribution >= 0.6 is 11.8 Å². The molecule has 0 saturated carbocycles. The van der Waals surface area contributed by atoms with Gasteiger partial charge in [-0.05, 0) is 42.8 Å². The van der Waals surface area contributed by atoms with Crippen molar-refractivity contribution in [2.75, 3.05) is 5.32 Å². The van der Waals surface area contributed by atoms with Gasteiger partial charge in [-0.1, -0.05) is 6.92 Å². The van der Waals surface area contributed by atoms with Crippen LogP contribution in [-0.2, 0) is 10.5 Å². The van der Waals surface area contributed by atoms with Crippen LogP contribution in [0.1, 0.15) is 29.5 Å². The maximum absolute atomic E-state index is 12.3. The third kappa shape index (κ3) is 4.39. The van der Waals surface area contributed by atoms with E-state index in [1.807, 2.05) is 19.1 Å². The smallest absolute Gasteiger partial charge is 0.248 e. The summed E-state index contributed by atoms with van der Waals surface area (Å²) in [6, 6.07) is 10.2. The summed E-state index contributed by atoms with van der Waals surface area (Å²) in [5, 5.41) is 2.68. The van der Waals surface area contributed by atoms with E-state index in [9.17, 15) is 9.59 Å². The minimum atomic E-state index is -0.488. The fraction of sp³-hybridized carbons (Fsp3) is 0.250. The third-order valence-corrected chi connectivity index (χ3v) is 4.51. The second kappa shape index (κ2) is 7.70. The molecule has 2 rings (SSSR count). The summed E-state index contributed by atoms with van der Waals surface area (Å²) >= 11 is 1.53. The number of nitrogens with one attached hydrogen (secondary N) is 1. The minimum absolute atomic E-state index is 0.0640. The second-order valence-electron chi connectivity index (χ2n) is 4.72. The molecule has 1 unspecified atom stereocenters. The number of nitrogens with two attached hydrogens (primary N) is 1. The molecule has 1 heterocycles. The van der Waals surface area contributed by atoms with Crippen molar-refractivity contribution in [3.63, 3.8) is 0 Å². The molecule has 1 atom stereocenters. The predicted octanol–water partition coefficient (Wildman–Crippen LogP) is 3.03. The van der Waals surface area contributed by atoms with E-state index >= 15 is 0 Å². The van der Waals surface area contributed by atoms with Crippen LogP contribution in [0.15, 0.2) is 47.1 Å². The molecule has 0 aliphatic heterocycles. The van der Waals surface area contributed by atoms with Crippen molar-refractivity contribution in [1.82, 2.24) is 0 Å². The molecule has 0 radical (unpaired) electrons. The second-order valence-corrected chi connectivity index (χ2v) is 5.91. The lowest BCUT2D eigenvalue weighted by Gasteiger charge is -2.14. The summed E-state index contributed by atoms with van der Waals surface area (Å²) in [5.41, 5.74) is 6.24. The summed E-state index contributed by atoms with van der Waals surface area (Å²) in [7, 11) is 0. The lowest BCUT2D eigenvalue weighted by molar-refractivity contribution is -0.115. The van der Waals surface area contributed by atoms with Gasteiger partial charge < -0.3 is 15.5 Å². The van der Waals surface area contributed by atoms with Crippen LogP contribution in [0.4, 0.5) is 5.69 Å². The van der Waals surface area contributed by atoms with Crippen LogP contribution in [0.5, 0.6) is 0 Å². The Labute approximate surface area is 133 Å². The van der Waals surface area contributed by atoms with Crippen LogP contribution in [0, 0.1) is 0 Å². The summed E-state index contributed by atoms with van der Waals surface area (Å²) in [6.07, 6.45) is 2.34. The SMILES string of the molecule is CCC(SCc1ccco1)C(=O)Nc1ccc(C(N)=O)cc1. The molecule has 2 amide bonds. The van der Waals surface area contributed by atoms with Crippen molar-refractivity contribution < 1.29 is 14.0 Å². The topological polar surface area (TPSA) is 85.3 Å². The highest BCUT2D eigenvalue weighted by molar-refractivity contribution is 7.99. The van der Waals surface area contributed by atoms with Gasteiger partial charge in [-0.15, -0.1) is 11.8 Å². The van der Waals surface area contributed by atoms with Crippen molar-refractivity contribution in [3.8, 4) is 0 Å². The Kier molecular flexibility index (Phi) is 5.66. The van der Waals surface area contributed by atoms with E-state index in [0.717, 1.165) is 12.2 Å². The van der Waals surface area contributed by atoms with Gasteiger partial charge in [0.2, 0.25) is 11.8 Å². The van der Waals surface area contributed by atoms with Crippen molar-refractivity contribution in [2.45, 2.75) is 24.3 Å². The number of amides is 2. The van der Waals surface area contributed by atoms with Crippen molar-refractivity contribution in [1.29, 1.82) is 0 Å². The summed E-state index contributed by atoms with van der Waals surface area (Å²) in [4.78, 5) is 23.3. The summed E-state index contributed by atoms with van der Waals surface area (Å²) in [5.74, 6) is 0.950. The van der Waals surface area contributed by atoms with E-state index in [1.54, 1.807) is 30.5 Å². The van der Waals surface area contributed by atoms with E-state index < -0.39 is 5.91 Å². The number of anilines is 1. The van der Waals surface area contributed by atoms with Gasteiger partial charge in [-0.2, -0.15) is 0 Å². The molecule has 22 heavy (non-hydrogen) atoms. The zero-order valence-electron chi connectivity index (χ0n) is 12.2. The molecule has 0 spiro atoms. The Balaban J connectivity index is 1.92. The van der Waals surface area contributed by atoms with E-state index in [0.29, 0.717) is 17.0 Å². The lowest BCUT2D eigenvalue weighted by Crippen LogP contribution is -2.24. The number of furan rings is 1. The first-order valence-electron chi connectivity index (χ1n) is 6.95. The van der Waals surface area contributed by atoms with Gasteiger partial charge in [0.15, 0.2) is 0 Å². The van der Waals surface area contributed by atoms with Crippen LogP contribution in [0.25, 0.3) is 0 Å². The maximum atomic E-state index is 12.3. The molecule has 6 heteroatoms. The molecule has 5 nitrogen and oxygen atoms in total. The van der Waals surface area contributed by atoms with E-state index in [-0.39, 0.29) is 11.2 Å². The molecule has 0 aliphatic rings. The maximum Gasteiger partial charge on any atom is 0.248 e. The molecule has 0 saturated heterocycles. The van der Waals surface area contributed by atoms with Gasteiger partial charge in [-0.3, -0.25) is 9.59 Å². The number of hydrogen-bond acceptors (Lipinski definition) is 4. The van der Waals surface area contributed by atoms with E-state index in [1.165, 1.54) is 11.8 Å². The van der Waals surface area contributed by atoms with Gasteiger partial charge in [0.1, 0.15) is 5.76 Å². The summed E-state index contributed by atoms with van der Waals surface area (Å²) in [6.45, 7) is 1.97. The minimum Gasteiger partial charge on any atom is -0.468 e. The van der Waals surface area contributed by atoms with Gasteiger partial charge >= 0.3 is 0 Å². The lowest BCUT2D eigenvalue weighted by atomic mass is 10.2. The van der Waals surface area contributed by atoms with Crippen molar-refractivity contribution in [2.24, 2.45) is 5.73 Å². The Morgan fingerprint density at radius 2 is 2.00 bits per heavy atom. The third-order valence-electron chi connectivity index (χ3n) is 3.11. The number of carbonyl (C=O) groups excluding carboxylic acids is 2. The van der Waals surface area contributed by atoms with Gasteiger partial charge in [0, 0.05) is 11.3 Å². The molecule has 0 aliphatic carbocycles. The fourth-order valence-corrected chi connectivity index (χ4v) is 2.87. The van der Waals surface area contributed by atoms with Crippen LogP contribution in [0.3, 0.4) is 0 Å². The molecule has 0 bridgehead atoms. The largest absolute Gasteiger partial charge is 0.468 e. The highest BCUT2D eigenvalue weighted by atomic mass is 32.2. The zero-order chi connectivity index (χ0) is 15.9. The molecule has 1 aromatic heterocycles. The molecule has 0 fully saturated rings. The van der Waals surface area contributed by atoms with Crippen molar-refractivity contribution in [3.05, 3.63) is 54.0 Å². The number of benzene rings is 1. The first-order valence-corrected chi connectivity index (χ1v) is 7.99. The number of hydrogen-bond donors (Lipinski definition) is 2. The molecular weight excluding hydrogens is 300 g/mol. The zero-order valence-corrected chi connectivity index (χ0v) is 13.1. The predicted molar refractivity (Wildman–Crippen MR) is 87.7 cm³/mol. The number of carbonyl (C=O) groups is 2. The number of thioether (sulfide) groups is 1. The molecule has 3 N–H and O–H groups in total. The van der Waals surface area contributed by atoms with Crippen LogP contribution in [-0.4, -0.2) is 17.1 Å². The standard InChI is InChI=1S/C16H18N2O3S/c1-2-14(22-10-13-4-3-9-21-13)16(20)18-12-7-5-11(6-8-12)15(17)19/h3-9,14H,2,10H2,1H3,(H2,17,19)(H,18,20). The van der Waals surface area contributed by atoms with Gasteiger partial charge in [0.05, 0.1) is 17.3 Å². The summed E-state index contributed by atoms with van der Waals surface area (Å²) < 4.78 is 5.27. The highest BCUT2D eigenvalue weighted by Gasteiger charge is 2.17. The first kappa shape index (κ1) is 16.2. The van der Waals surface area contributed by atoms with Gasteiger partial charge in [-0.25, -0.2) is 0 Å². The first-order chi connectivity index (χ1) is 10.6. The average molecular weight is 318 g/mol. The highest BCUT2D eigenvalue weighted by Crippen LogP contribution is 2.22.